The van der Waals surface area contributed by atoms with Gasteiger partial charge in [0.2, 0.25) is 0 Å². The highest BCUT2D eigenvalue weighted by Crippen LogP contribution is 2.31. The Hall–Kier alpha value is -1.39. The van der Waals surface area contributed by atoms with E-state index in [1.54, 1.807) is 0 Å². The van der Waals surface area contributed by atoms with Crippen molar-refractivity contribution in [2.75, 3.05) is 13.1 Å². The van der Waals surface area contributed by atoms with Crippen LogP contribution in [0.1, 0.15) is 37.3 Å². The first-order valence-electron chi connectivity index (χ1n) is 6.74. The fourth-order valence-corrected chi connectivity index (χ4v) is 3.03. The molecule has 2 N–H and O–H groups in total. The van der Waals surface area contributed by atoms with Crippen LogP contribution in [0.5, 0.6) is 0 Å². The van der Waals surface area contributed by atoms with Crippen LogP contribution in [0, 0.1) is 0 Å². The van der Waals surface area contributed by atoms with Crippen LogP contribution >= 0.6 is 0 Å². The zero-order valence-corrected chi connectivity index (χ0v) is 10.8. The number of likely N-dealkylation sites (tertiary alicyclic amines) is 1. The predicted molar refractivity (Wildman–Crippen MR) is 72.3 cm³/mol. The van der Waals surface area contributed by atoms with Crippen molar-refractivity contribution in [3.63, 3.8) is 0 Å². The molecule has 1 aliphatic heterocycles. The molecule has 1 aliphatic rings. The van der Waals surface area contributed by atoms with Crippen LogP contribution in [-0.2, 0) is 6.54 Å². The van der Waals surface area contributed by atoms with Crippen molar-refractivity contribution < 1.29 is 0 Å². The molecule has 0 aromatic carbocycles. The minimum Gasteiger partial charge on any atom is -0.325 e. The summed E-state index contributed by atoms with van der Waals surface area (Å²) < 4.78 is 2.23. The largest absolute Gasteiger partial charge is 0.325 e. The van der Waals surface area contributed by atoms with E-state index < -0.39 is 0 Å². The van der Waals surface area contributed by atoms with Crippen molar-refractivity contribution in [1.29, 1.82) is 0 Å². The quantitative estimate of drug-likeness (QED) is 0.897. The topological polar surface area (TPSA) is 46.6 Å². The van der Waals surface area contributed by atoms with E-state index in [4.69, 9.17) is 5.73 Å². The second-order valence-electron chi connectivity index (χ2n) is 4.88. The van der Waals surface area contributed by atoms with Crippen LogP contribution in [0.3, 0.4) is 0 Å². The highest BCUT2D eigenvalue weighted by molar-refractivity contribution is 5.48. The van der Waals surface area contributed by atoms with E-state index in [-0.39, 0.29) is 0 Å². The lowest BCUT2D eigenvalue weighted by molar-refractivity contribution is 0.261. The molecular weight excluding hydrogens is 224 g/mol. The summed E-state index contributed by atoms with van der Waals surface area (Å²) in [6.45, 7) is 5.04. The maximum Gasteiger partial charge on any atom is 0.130 e. The average molecular weight is 244 g/mol. The number of aromatic nitrogens is 2. The van der Waals surface area contributed by atoms with Gasteiger partial charge >= 0.3 is 0 Å². The molecule has 0 radical (unpaired) electrons. The highest BCUT2D eigenvalue weighted by atomic mass is 15.2. The highest BCUT2D eigenvalue weighted by Gasteiger charge is 2.28. The lowest BCUT2D eigenvalue weighted by atomic mass is 10.2. The molecule has 0 bridgehead atoms. The van der Waals surface area contributed by atoms with E-state index in [1.807, 2.05) is 6.20 Å². The fraction of sp³-hybridized carbons (Fsp3) is 0.500. The van der Waals surface area contributed by atoms with Gasteiger partial charge in [0.1, 0.15) is 5.82 Å². The number of hydrogen-bond donors (Lipinski definition) is 1. The van der Waals surface area contributed by atoms with Gasteiger partial charge in [0, 0.05) is 12.2 Å². The third-order valence-electron chi connectivity index (χ3n) is 3.94. The number of fused-ring (bicyclic) bond motifs is 1. The van der Waals surface area contributed by atoms with E-state index >= 15 is 0 Å². The second-order valence-corrected chi connectivity index (χ2v) is 4.88. The summed E-state index contributed by atoms with van der Waals surface area (Å²) in [6, 6.07) is 6.68. The number of nitrogens with two attached hydrogens (primary N) is 1. The SMILES string of the molecule is CCN1CCCC1c1ncc2cccc(CN)n12. The van der Waals surface area contributed by atoms with Crippen molar-refractivity contribution in [2.24, 2.45) is 5.73 Å². The van der Waals surface area contributed by atoms with Gasteiger partial charge in [-0.1, -0.05) is 13.0 Å². The Bertz CT molecular complexity index is 546. The van der Waals surface area contributed by atoms with Crippen LogP contribution in [0.4, 0.5) is 0 Å². The van der Waals surface area contributed by atoms with E-state index in [0.29, 0.717) is 12.6 Å². The first-order valence-corrected chi connectivity index (χ1v) is 6.74. The van der Waals surface area contributed by atoms with Crippen molar-refractivity contribution in [1.82, 2.24) is 14.3 Å². The molecular formula is C14H20N4. The minimum absolute atomic E-state index is 0.449. The lowest BCUT2D eigenvalue weighted by Crippen LogP contribution is -2.24. The Morgan fingerprint density at radius 2 is 2.33 bits per heavy atom. The molecule has 1 atom stereocenters. The maximum atomic E-state index is 5.85. The van der Waals surface area contributed by atoms with Gasteiger partial charge in [-0.15, -0.1) is 0 Å². The summed E-state index contributed by atoms with van der Waals surface area (Å²) in [4.78, 5) is 7.15. The van der Waals surface area contributed by atoms with Crippen molar-refractivity contribution in [3.05, 3.63) is 35.9 Å². The molecule has 1 fully saturated rings. The summed E-state index contributed by atoms with van der Waals surface area (Å²) in [7, 11) is 0. The Morgan fingerprint density at radius 1 is 1.44 bits per heavy atom. The van der Waals surface area contributed by atoms with Gasteiger partial charge in [-0.3, -0.25) is 9.30 Å². The van der Waals surface area contributed by atoms with Gasteiger partial charge < -0.3 is 5.73 Å². The van der Waals surface area contributed by atoms with Gasteiger partial charge in [-0.2, -0.15) is 0 Å². The molecule has 3 heterocycles. The molecule has 0 saturated carbocycles. The molecule has 96 valence electrons. The second kappa shape index (κ2) is 4.71. The van der Waals surface area contributed by atoms with E-state index in [9.17, 15) is 0 Å². The third kappa shape index (κ3) is 1.72. The van der Waals surface area contributed by atoms with Crippen molar-refractivity contribution in [2.45, 2.75) is 32.4 Å². The molecule has 2 aromatic heterocycles. The van der Waals surface area contributed by atoms with Crippen LogP contribution in [0.2, 0.25) is 0 Å². The van der Waals surface area contributed by atoms with Gasteiger partial charge in [0.05, 0.1) is 17.8 Å². The van der Waals surface area contributed by atoms with E-state index in [2.05, 4.69) is 39.4 Å². The number of pyridine rings is 1. The number of imidazole rings is 1. The summed E-state index contributed by atoms with van der Waals surface area (Å²) in [5.74, 6) is 1.16. The van der Waals surface area contributed by atoms with Gasteiger partial charge in [0.15, 0.2) is 0 Å². The van der Waals surface area contributed by atoms with Crippen LogP contribution < -0.4 is 5.73 Å². The molecule has 2 aromatic rings. The molecule has 0 spiro atoms. The number of nitrogens with zero attached hydrogens (tertiary/aromatic N) is 3. The fourth-order valence-electron chi connectivity index (χ4n) is 3.03. The Labute approximate surface area is 107 Å². The van der Waals surface area contributed by atoms with Crippen LogP contribution in [-0.4, -0.2) is 27.4 Å². The van der Waals surface area contributed by atoms with Gasteiger partial charge in [-0.25, -0.2) is 4.98 Å². The minimum atomic E-state index is 0.449. The molecule has 1 unspecified atom stereocenters. The van der Waals surface area contributed by atoms with Gasteiger partial charge in [0.25, 0.3) is 0 Å². The number of hydrogen-bond acceptors (Lipinski definition) is 3. The standard InChI is InChI=1S/C14H20N4/c1-2-17-8-4-7-13(17)14-16-10-12-6-3-5-11(9-15)18(12)14/h3,5-6,10,13H,2,4,7-9,15H2,1H3. The molecule has 3 rings (SSSR count). The van der Waals surface area contributed by atoms with Gasteiger partial charge in [-0.05, 0) is 38.1 Å². The summed E-state index contributed by atoms with van der Waals surface area (Å²) in [5, 5.41) is 0. The Kier molecular flexibility index (Phi) is 3.06. The lowest BCUT2D eigenvalue weighted by Gasteiger charge is -2.22. The van der Waals surface area contributed by atoms with Crippen LogP contribution in [0.15, 0.2) is 24.4 Å². The average Bonchev–Trinajstić information content (AvgIpc) is 3.03. The summed E-state index contributed by atoms with van der Waals surface area (Å²) in [5.41, 5.74) is 8.14. The van der Waals surface area contributed by atoms with E-state index in [1.165, 1.54) is 19.4 Å². The molecule has 18 heavy (non-hydrogen) atoms. The van der Waals surface area contributed by atoms with Crippen molar-refractivity contribution in [3.8, 4) is 0 Å². The monoisotopic (exact) mass is 244 g/mol. The molecule has 4 heteroatoms. The van der Waals surface area contributed by atoms with E-state index in [0.717, 1.165) is 23.6 Å². The third-order valence-corrected chi connectivity index (χ3v) is 3.94. The van der Waals surface area contributed by atoms with Crippen LogP contribution in [0.25, 0.3) is 5.52 Å². The first-order chi connectivity index (χ1) is 8.85. The van der Waals surface area contributed by atoms with Crippen molar-refractivity contribution >= 4 is 5.52 Å². The molecule has 0 amide bonds. The Morgan fingerprint density at radius 3 is 3.11 bits per heavy atom. The summed E-state index contributed by atoms with van der Waals surface area (Å²) >= 11 is 0. The Balaban J connectivity index is 2.11. The zero-order valence-electron chi connectivity index (χ0n) is 10.8. The molecule has 4 nitrogen and oxygen atoms in total. The molecule has 1 saturated heterocycles. The zero-order chi connectivity index (χ0) is 12.5. The molecule has 0 aliphatic carbocycles. The summed E-state index contributed by atoms with van der Waals surface area (Å²) in [6.07, 6.45) is 4.42. The smallest absolute Gasteiger partial charge is 0.130 e. The normalized spacial score (nSPS) is 20.9. The first kappa shape index (κ1) is 11.7. The number of rotatable bonds is 3. The predicted octanol–water partition coefficient (Wildman–Crippen LogP) is 1.95. The maximum absolute atomic E-state index is 5.85.